The first kappa shape index (κ1) is 24.9. The highest BCUT2D eigenvalue weighted by molar-refractivity contribution is 14.0. The minimum Gasteiger partial charge on any atom is -0.357 e. The summed E-state index contributed by atoms with van der Waals surface area (Å²) in [6, 6.07) is 1.11. The Balaban J connectivity index is 0.00000364. The second kappa shape index (κ2) is 12.4. The van der Waals surface area contributed by atoms with E-state index < -0.39 is 0 Å². The van der Waals surface area contributed by atoms with Crippen LogP contribution in [0.4, 0.5) is 0 Å². The number of rotatable bonds is 7. The third-order valence-electron chi connectivity index (χ3n) is 5.76. The van der Waals surface area contributed by atoms with Crippen molar-refractivity contribution in [3.63, 3.8) is 0 Å². The van der Waals surface area contributed by atoms with Crippen molar-refractivity contribution in [3.8, 4) is 0 Å². The lowest BCUT2D eigenvalue weighted by Gasteiger charge is -2.33. The van der Waals surface area contributed by atoms with Crippen LogP contribution >= 0.6 is 24.0 Å². The lowest BCUT2D eigenvalue weighted by molar-refractivity contribution is 0.140. The third-order valence-corrected chi connectivity index (χ3v) is 5.76. The molecule has 0 amide bonds. The molecule has 2 heterocycles. The molecule has 0 aromatic heterocycles. The number of guanidine groups is 1. The van der Waals surface area contributed by atoms with Gasteiger partial charge in [-0.3, -0.25) is 9.89 Å². The topological polar surface area (TPSA) is 46.1 Å². The second-order valence-electron chi connectivity index (χ2n) is 8.70. The molecule has 0 spiro atoms. The molecule has 3 atom stereocenters. The monoisotopic (exact) mass is 494 g/mol. The molecule has 2 fully saturated rings. The summed E-state index contributed by atoms with van der Waals surface area (Å²) in [5, 5.41) is 7.13. The molecule has 7 heteroatoms. The van der Waals surface area contributed by atoms with Crippen molar-refractivity contribution in [2.45, 2.75) is 46.7 Å². The standard InChI is InChI=1S/C20H42N6.HI/c1-7-21-20(23-19-15-26(16(2)3)14-18(19)5)22-12-17(4)13-25-10-8-24(6)9-11-25;/h16-19H,7-15H2,1-6H3,(H2,21,22,23);1H. The molecule has 0 saturated carbocycles. The normalized spacial score (nSPS) is 26.9. The zero-order valence-corrected chi connectivity index (χ0v) is 20.7. The van der Waals surface area contributed by atoms with E-state index in [0.29, 0.717) is 23.9 Å². The van der Waals surface area contributed by atoms with E-state index in [1.807, 2.05) is 0 Å². The molecule has 2 N–H and O–H groups in total. The molecule has 2 saturated heterocycles. The summed E-state index contributed by atoms with van der Waals surface area (Å²) in [5.74, 6) is 2.23. The molecule has 27 heavy (non-hydrogen) atoms. The van der Waals surface area contributed by atoms with Crippen LogP contribution < -0.4 is 10.6 Å². The van der Waals surface area contributed by atoms with Gasteiger partial charge in [-0.2, -0.15) is 0 Å². The SMILES string of the molecule is CCNC(=NCC(C)CN1CCN(C)CC1)NC1CN(C(C)C)CC1C.I. The van der Waals surface area contributed by atoms with Gasteiger partial charge in [0, 0.05) is 71.0 Å². The van der Waals surface area contributed by atoms with Crippen LogP contribution in [0.15, 0.2) is 4.99 Å². The molecule has 0 aliphatic carbocycles. The zero-order chi connectivity index (χ0) is 19.1. The zero-order valence-electron chi connectivity index (χ0n) is 18.4. The van der Waals surface area contributed by atoms with Crippen LogP contribution in [0.25, 0.3) is 0 Å². The van der Waals surface area contributed by atoms with Crippen LogP contribution in [-0.4, -0.2) is 98.7 Å². The molecule has 2 aliphatic heterocycles. The first-order valence-electron chi connectivity index (χ1n) is 10.6. The molecule has 2 rings (SSSR count). The minimum absolute atomic E-state index is 0. The molecule has 0 radical (unpaired) electrons. The molecule has 0 aromatic carbocycles. The fourth-order valence-electron chi connectivity index (χ4n) is 3.89. The van der Waals surface area contributed by atoms with Gasteiger partial charge in [0.25, 0.3) is 0 Å². The molecule has 0 aromatic rings. The van der Waals surface area contributed by atoms with Crippen molar-refractivity contribution in [2.75, 3.05) is 66.0 Å². The van der Waals surface area contributed by atoms with E-state index in [1.54, 1.807) is 0 Å². The van der Waals surface area contributed by atoms with Crippen LogP contribution in [0.5, 0.6) is 0 Å². The maximum absolute atomic E-state index is 4.90. The summed E-state index contributed by atoms with van der Waals surface area (Å²) in [6.07, 6.45) is 0. The summed E-state index contributed by atoms with van der Waals surface area (Å²) in [7, 11) is 2.21. The highest BCUT2D eigenvalue weighted by atomic mass is 127. The molecule has 0 bridgehead atoms. The van der Waals surface area contributed by atoms with Gasteiger partial charge in [0.2, 0.25) is 0 Å². The van der Waals surface area contributed by atoms with Crippen molar-refractivity contribution in [1.29, 1.82) is 0 Å². The molecule has 6 nitrogen and oxygen atoms in total. The van der Waals surface area contributed by atoms with E-state index in [9.17, 15) is 0 Å². The highest BCUT2D eigenvalue weighted by Gasteiger charge is 2.31. The fourth-order valence-corrected chi connectivity index (χ4v) is 3.89. The Hall–Kier alpha value is -0.120. The van der Waals surface area contributed by atoms with E-state index in [-0.39, 0.29) is 24.0 Å². The van der Waals surface area contributed by atoms with Gasteiger partial charge in [-0.25, -0.2) is 0 Å². The fraction of sp³-hybridized carbons (Fsp3) is 0.950. The number of nitrogens with zero attached hydrogens (tertiary/aromatic N) is 4. The number of halogens is 1. The van der Waals surface area contributed by atoms with Crippen LogP contribution in [0.3, 0.4) is 0 Å². The Kier molecular flexibility index (Phi) is 11.5. The summed E-state index contributed by atoms with van der Waals surface area (Å²) < 4.78 is 0. The third kappa shape index (κ3) is 8.41. The quantitative estimate of drug-likeness (QED) is 0.321. The molecule has 160 valence electrons. The van der Waals surface area contributed by atoms with Crippen LogP contribution in [0.1, 0.15) is 34.6 Å². The minimum atomic E-state index is 0. The maximum Gasteiger partial charge on any atom is 0.191 e. The number of nitrogens with one attached hydrogen (secondary N) is 2. The predicted molar refractivity (Wildman–Crippen MR) is 127 cm³/mol. The van der Waals surface area contributed by atoms with E-state index in [1.165, 1.54) is 32.7 Å². The summed E-state index contributed by atoms with van der Waals surface area (Å²) >= 11 is 0. The average Bonchev–Trinajstić information content (AvgIpc) is 2.96. The average molecular weight is 495 g/mol. The Morgan fingerprint density at radius 2 is 1.78 bits per heavy atom. The largest absolute Gasteiger partial charge is 0.357 e. The second-order valence-corrected chi connectivity index (χ2v) is 8.70. The van der Waals surface area contributed by atoms with Crippen molar-refractivity contribution in [2.24, 2.45) is 16.8 Å². The van der Waals surface area contributed by atoms with Gasteiger partial charge in [0.15, 0.2) is 5.96 Å². The van der Waals surface area contributed by atoms with E-state index in [4.69, 9.17) is 4.99 Å². The summed E-state index contributed by atoms with van der Waals surface area (Å²) in [6.45, 7) is 21.4. The molecular formula is C20H43IN6. The van der Waals surface area contributed by atoms with Crippen molar-refractivity contribution >= 4 is 29.9 Å². The van der Waals surface area contributed by atoms with Gasteiger partial charge < -0.3 is 20.4 Å². The van der Waals surface area contributed by atoms with Crippen molar-refractivity contribution in [1.82, 2.24) is 25.3 Å². The van der Waals surface area contributed by atoms with Gasteiger partial charge >= 0.3 is 0 Å². The van der Waals surface area contributed by atoms with E-state index in [0.717, 1.165) is 32.1 Å². The smallest absolute Gasteiger partial charge is 0.191 e. The van der Waals surface area contributed by atoms with E-state index >= 15 is 0 Å². The van der Waals surface area contributed by atoms with Crippen LogP contribution in [0, 0.1) is 11.8 Å². The Bertz CT molecular complexity index is 436. The van der Waals surface area contributed by atoms with Gasteiger partial charge in [0.1, 0.15) is 0 Å². The number of likely N-dealkylation sites (N-methyl/N-ethyl adjacent to an activating group) is 1. The maximum atomic E-state index is 4.90. The lowest BCUT2D eigenvalue weighted by Crippen LogP contribution is -2.47. The molecular weight excluding hydrogens is 451 g/mol. The number of piperazine rings is 1. The Morgan fingerprint density at radius 3 is 2.33 bits per heavy atom. The van der Waals surface area contributed by atoms with Gasteiger partial charge in [-0.15, -0.1) is 24.0 Å². The number of likely N-dealkylation sites (tertiary alicyclic amines) is 1. The number of aliphatic imine (C=N–C) groups is 1. The summed E-state index contributed by atoms with van der Waals surface area (Å²) in [5.41, 5.74) is 0. The Labute approximate surface area is 184 Å². The van der Waals surface area contributed by atoms with Crippen molar-refractivity contribution < 1.29 is 0 Å². The van der Waals surface area contributed by atoms with Crippen LogP contribution in [-0.2, 0) is 0 Å². The van der Waals surface area contributed by atoms with Gasteiger partial charge in [-0.05, 0) is 39.7 Å². The lowest BCUT2D eigenvalue weighted by atomic mass is 10.1. The van der Waals surface area contributed by atoms with E-state index in [2.05, 4.69) is 67.0 Å². The molecule has 2 aliphatic rings. The first-order valence-corrected chi connectivity index (χ1v) is 10.6. The Morgan fingerprint density at radius 1 is 1.11 bits per heavy atom. The summed E-state index contributed by atoms with van der Waals surface area (Å²) in [4.78, 5) is 12.5. The van der Waals surface area contributed by atoms with Crippen LogP contribution in [0.2, 0.25) is 0 Å². The van der Waals surface area contributed by atoms with Gasteiger partial charge in [-0.1, -0.05) is 13.8 Å². The van der Waals surface area contributed by atoms with Gasteiger partial charge in [0.05, 0.1) is 0 Å². The molecule has 3 unspecified atom stereocenters. The van der Waals surface area contributed by atoms with Crippen molar-refractivity contribution in [3.05, 3.63) is 0 Å². The number of hydrogen-bond donors (Lipinski definition) is 2. The first-order chi connectivity index (χ1) is 12.4. The highest BCUT2D eigenvalue weighted by Crippen LogP contribution is 2.18. The predicted octanol–water partition coefficient (Wildman–Crippen LogP) is 1.77. The number of hydrogen-bond acceptors (Lipinski definition) is 4.